The molecule has 0 radical (unpaired) electrons. The molecular weight excluding hydrogens is 220 g/mol. The van der Waals surface area contributed by atoms with E-state index in [-0.39, 0.29) is 11.8 Å². The number of amides is 2. The van der Waals surface area contributed by atoms with Crippen LogP contribution >= 0.6 is 0 Å². The van der Waals surface area contributed by atoms with Crippen LogP contribution in [0.2, 0.25) is 0 Å². The zero-order valence-corrected chi connectivity index (χ0v) is 9.36. The van der Waals surface area contributed by atoms with E-state index >= 15 is 0 Å². The molecule has 0 aromatic carbocycles. The zero-order chi connectivity index (χ0) is 12.7. The first kappa shape index (κ1) is 12.8. The van der Waals surface area contributed by atoms with E-state index in [9.17, 15) is 9.59 Å². The minimum atomic E-state index is -0.261. The van der Waals surface area contributed by atoms with Gasteiger partial charge in [-0.05, 0) is 24.3 Å². The maximum absolute atomic E-state index is 10.9. The number of furan rings is 1. The number of hydrogen-bond donors (Lipinski definition) is 2. The number of nitrogens with one attached hydrogen (secondary N) is 2. The van der Waals surface area contributed by atoms with Crippen LogP contribution in [0.3, 0.4) is 0 Å². The van der Waals surface area contributed by atoms with Gasteiger partial charge in [0.15, 0.2) is 0 Å². The van der Waals surface area contributed by atoms with Crippen LogP contribution in [0, 0.1) is 0 Å². The molecule has 2 N–H and O–H groups in total. The highest BCUT2D eigenvalue weighted by molar-refractivity contribution is 5.87. The average molecular weight is 234 g/mol. The number of hydrogen-bond acceptors (Lipinski definition) is 3. The quantitative estimate of drug-likeness (QED) is 0.718. The lowest BCUT2D eigenvalue weighted by Gasteiger charge is -2.00. The van der Waals surface area contributed by atoms with E-state index in [1.54, 1.807) is 12.1 Å². The Hall–Kier alpha value is -2.30. The van der Waals surface area contributed by atoms with Gasteiger partial charge in [-0.3, -0.25) is 9.59 Å². The first-order chi connectivity index (χ1) is 8.15. The standard InChI is InChI=1S/C12H14N2O3/c1-3-11(15)13-7-9-5-6-10(17-9)8-14-12(16)4-2/h3-6H,1-2,7-8H2,(H,13,15)(H,14,16). The second kappa shape index (κ2) is 6.32. The minimum absolute atomic E-state index is 0.261. The molecule has 1 aromatic rings. The van der Waals surface area contributed by atoms with Crippen LogP contribution in [0.1, 0.15) is 11.5 Å². The molecule has 17 heavy (non-hydrogen) atoms. The largest absolute Gasteiger partial charge is 0.462 e. The molecule has 0 saturated carbocycles. The molecule has 0 aliphatic carbocycles. The van der Waals surface area contributed by atoms with Gasteiger partial charge in [0.2, 0.25) is 11.8 Å². The van der Waals surface area contributed by atoms with Gasteiger partial charge >= 0.3 is 0 Å². The van der Waals surface area contributed by atoms with Crippen molar-refractivity contribution in [1.82, 2.24) is 10.6 Å². The topological polar surface area (TPSA) is 71.3 Å². The first-order valence-corrected chi connectivity index (χ1v) is 5.04. The molecule has 0 bridgehead atoms. The van der Waals surface area contributed by atoms with Gasteiger partial charge in [0.1, 0.15) is 11.5 Å². The summed E-state index contributed by atoms with van der Waals surface area (Å²) in [5, 5.41) is 5.17. The Balaban J connectivity index is 2.42. The van der Waals surface area contributed by atoms with Crippen LogP contribution in [0.5, 0.6) is 0 Å². The van der Waals surface area contributed by atoms with Crippen LogP contribution in [0.15, 0.2) is 41.9 Å². The van der Waals surface area contributed by atoms with Crippen LogP contribution < -0.4 is 10.6 Å². The van der Waals surface area contributed by atoms with Crippen molar-refractivity contribution in [2.45, 2.75) is 13.1 Å². The number of rotatable bonds is 6. The molecular formula is C12H14N2O3. The van der Waals surface area contributed by atoms with E-state index < -0.39 is 0 Å². The van der Waals surface area contributed by atoms with Gasteiger partial charge < -0.3 is 15.1 Å². The summed E-state index contributed by atoms with van der Waals surface area (Å²) in [6.45, 7) is 7.26. The molecule has 1 heterocycles. The van der Waals surface area contributed by atoms with Crippen LogP contribution in [0.4, 0.5) is 0 Å². The van der Waals surface area contributed by atoms with Crippen LogP contribution in [-0.2, 0) is 22.7 Å². The lowest BCUT2D eigenvalue weighted by Crippen LogP contribution is -2.20. The van der Waals surface area contributed by atoms with Crippen molar-refractivity contribution in [2.75, 3.05) is 0 Å². The second-order valence-corrected chi connectivity index (χ2v) is 3.21. The third-order valence-electron chi connectivity index (χ3n) is 1.96. The summed E-state index contributed by atoms with van der Waals surface area (Å²) in [6.07, 6.45) is 2.38. The zero-order valence-electron chi connectivity index (χ0n) is 9.36. The lowest BCUT2D eigenvalue weighted by molar-refractivity contribution is -0.117. The molecule has 5 heteroatoms. The summed E-state index contributed by atoms with van der Waals surface area (Å²) in [4.78, 5) is 21.8. The van der Waals surface area contributed by atoms with Crippen molar-refractivity contribution >= 4 is 11.8 Å². The van der Waals surface area contributed by atoms with Gasteiger partial charge in [-0.2, -0.15) is 0 Å². The first-order valence-electron chi connectivity index (χ1n) is 5.04. The van der Waals surface area contributed by atoms with Crippen molar-refractivity contribution in [1.29, 1.82) is 0 Å². The lowest BCUT2D eigenvalue weighted by atomic mass is 10.4. The summed E-state index contributed by atoms with van der Waals surface area (Å²) in [7, 11) is 0. The van der Waals surface area contributed by atoms with E-state index in [0.717, 1.165) is 0 Å². The normalized spacial score (nSPS) is 9.41. The molecule has 0 atom stereocenters. The highest BCUT2D eigenvalue weighted by atomic mass is 16.3. The van der Waals surface area contributed by atoms with E-state index in [0.29, 0.717) is 24.6 Å². The maximum atomic E-state index is 10.9. The second-order valence-electron chi connectivity index (χ2n) is 3.21. The van der Waals surface area contributed by atoms with Crippen LogP contribution in [-0.4, -0.2) is 11.8 Å². The van der Waals surface area contributed by atoms with E-state index in [1.165, 1.54) is 12.2 Å². The monoisotopic (exact) mass is 234 g/mol. The predicted octanol–water partition coefficient (Wildman–Crippen LogP) is 0.884. The van der Waals surface area contributed by atoms with Gasteiger partial charge in [0, 0.05) is 0 Å². The van der Waals surface area contributed by atoms with Crippen molar-refractivity contribution in [3.05, 3.63) is 49.0 Å². The Bertz CT molecular complexity index is 396. The molecule has 5 nitrogen and oxygen atoms in total. The number of carbonyl (C=O) groups excluding carboxylic acids is 2. The minimum Gasteiger partial charge on any atom is -0.462 e. The summed E-state index contributed by atoms with van der Waals surface area (Å²) in [6, 6.07) is 3.47. The molecule has 0 unspecified atom stereocenters. The average Bonchev–Trinajstić information content (AvgIpc) is 2.80. The molecule has 1 rings (SSSR count). The van der Waals surface area contributed by atoms with Crippen molar-refractivity contribution in [3.8, 4) is 0 Å². The molecule has 2 amide bonds. The van der Waals surface area contributed by atoms with Crippen molar-refractivity contribution in [3.63, 3.8) is 0 Å². The highest BCUT2D eigenvalue weighted by Gasteiger charge is 2.03. The highest BCUT2D eigenvalue weighted by Crippen LogP contribution is 2.07. The van der Waals surface area contributed by atoms with Gasteiger partial charge in [-0.1, -0.05) is 13.2 Å². The number of carbonyl (C=O) groups is 2. The molecule has 0 spiro atoms. The predicted molar refractivity (Wildman–Crippen MR) is 62.8 cm³/mol. The van der Waals surface area contributed by atoms with Crippen molar-refractivity contribution in [2.24, 2.45) is 0 Å². The Morgan fingerprint density at radius 3 is 1.82 bits per heavy atom. The van der Waals surface area contributed by atoms with Gasteiger partial charge in [-0.15, -0.1) is 0 Å². The fraction of sp³-hybridized carbons (Fsp3) is 0.167. The molecule has 0 aliphatic rings. The fourth-order valence-corrected chi connectivity index (χ4v) is 1.11. The smallest absolute Gasteiger partial charge is 0.243 e. The van der Waals surface area contributed by atoms with Gasteiger partial charge in [0.25, 0.3) is 0 Å². The maximum Gasteiger partial charge on any atom is 0.243 e. The third-order valence-corrected chi connectivity index (χ3v) is 1.96. The summed E-state index contributed by atoms with van der Waals surface area (Å²) in [5.74, 6) is 0.705. The summed E-state index contributed by atoms with van der Waals surface area (Å²) < 4.78 is 5.38. The Morgan fingerprint density at radius 1 is 1.06 bits per heavy atom. The Labute approximate surface area is 99.2 Å². The molecule has 0 aliphatic heterocycles. The SMILES string of the molecule is C=CC(=O)NCc1ccc(CNC(=O)C=C)o1. The Morgan fingerprint density at radius 2 is 1.47 bits per heavy atom. The van der Waals surface area contributed by atoms with E-state index in [4.69, 9.17) is 4.42 Å². The Kier molecular flexibility index (Phi) is 4.75. The van der Waals surface area contributed by atoms with Crippen LogP contribution in [0.25, 0.3) is 0 Å². The van der Waals surface area contributed by atoms with Gasteiger partial charge in [-0.25, -0.2) is 0 Å². The molecule has 1 aromatic heterocycles. The van der Waals surface area contributed by atoms with E-state index in [2.05, 4.69) is 23.8 Å². The third kappa shape index (κ3) is 4.38. The molecule has 90 valence electrons. The molecule has 0 saturated heterocycles. The molecule has 0 fully saturated rings. The van der Waals surface area contributed by atoms with Gasteiger partial charge in [0.05, 0.1) is 13.1 Å². The summed E-state index contributed by atoms with van der Waals surface area (Å²) >= 11 is 0. The van der Waals surface area contributed by atoms with E-state index in [1.807, 2.05) is 0 Å². The fourth-order valence-electron chi connectivity index (χ4n) is 1.11. The summed E-state index contributed by atoms with van der Waals surface area (Å²) in [5.41, 5.74) is 0. The van der Waals surface area contributed by atoms with Crippen molar-refractivity contribution < 1.29 is 14.0 Å².